The van der Waals surface area contributed by atoms with Crippen molar-refractivity contribution in [3.05, 3.63) is 57.8 Å². The first-order chi connectivity index (χ1) is 11.9. The molecule has 0 N–H and O–H groups in total. The maximum Gasteiger partial charge on any atom is 0.416 e. The van der Waals surface area contributed by atoms with E-state index in [0.29, 0.717) is 31.1 Å². The van der Waals surface area contributed by atoms with Gasteiger partial charge in [-0.1, -0.05) is 12.1 Å². The summed E-state index contributed by atoms with van der Waals surface area (Å²) in [5.74, 6) is -0.532. The van der Waals surface area contributed by atoms with Crippen LogP contribution in [0.3, 0.4) is 0 Å². The average Bonchev–Trinajstić information content (AvgIpc) is 3.15. The second-order valence-corrected chi connectivity index (χ2v) is 6.59. The monoisotopic (exact) mass is 368 g/mol. The number of nitrogens with zero attached hydrogens (tertiary/aromatic N) is 2. The van der Waals surface area contributed by atoms with Crippen molar-refractivity contribution < 1.29 is 22.8 Å². The summed E-state index contributed by atoms with van der Waals surface area (Å²) >= 11 is 1.35. The van der Waals surface area contributed by atoms with Gasteiger partial charge in [-0.05, 0) is 29.6 Å². The second-order valence-electron chi connectivity index (χ2n) is 5.64. The molecule has 4 nitrogen and oxygen atoms in total. The maximum absolute atomic E-state index is 12.8. The standard InChI is InChI=1S/C17H15F3N2O2S/c18-17(19,20)13-4-1-3-12(11-13)15(23)21-6-8-22(9-7-21)16(24)14-5-2-10-25-14/h1-5,10-11H,6-9H2. The molecule has 2 amide bonds. The van der Waals surface area contributed by atoms with Gasteiger partial charge in [-0.3, -0.25) is 9.59 Å². The van der Waals surface area contributed by atoms with Crippen LogP contribution in [0.4, 0.5) is 13.2 Å². The van der Waals surface area contributed by atoms with Gasteiger partial charge in [0, 0.05) is 31.7 Å². The zero-order chi connectivity index (χ0) is 18.0. The molecule has 2 heterocycles. The van der Waals surface area contributed by atoms with E-state index in [1.54, 1.807) is 17.0 Å². The Morgan fingerprint density at radius 1 is 0.920 bits per heavy atom. The first-order valence-corrected chi connectivity index (χ1v) is 8.53. The lowest BCUT2D eigenvalue weighted by Crippen LogP contribution is -2.50. The molecule has 25 heavy (non-hydrogen) atoms. The minimum absolute atomic E-state index is 0.00728. The molecule has 0 atom stereocenters. The predicted octanol–water partition coefficient (Wildman–Crippen LogP) is 3.37. The number of piperazine rings is 1. The summed E-state index contributed by atoms with van der Waals surface area (Å²) in [6.45, 7) is 1.32. The van der Waals surface area contributed by atoms with E-state index < -0.39 is 17.6 Å². The van der Waals surface area contributed by atoms with Crippen molar-refractivity contribution in [3.8, 4) is 0 Å². The molecule has 132 valence electrons. The number of benzene rings is 1. The van der Waals surface area contributed by atoms with E-state index in [2.05, 4.69) is 0 Å². The molecule has 1 aromatic carbocycles. The van der Waals surface area contributed by atoms with Crippen LogP contribution in [0.2, 0.25) is 0 Å². The van der Waals surface area contributed by atoms with E-state index in [9.17, 15) is 22.8 Å². The molecule has 1 aliphatic rings. The molecule has 1 fully saturated rings. The van der Waals surface area contributed by atoms with Crippen molar-refractivity contribution >= 4 is 23.2 Å². The fraction of sp³-hybridized carbons (Fsp3) is 0.294. The van der Waals surface area contributed by atoms with Crippen LogP contribution in [-0.2, 0) is 6.18 Å². The van der Waals surface area contributed by atoms with Gasteiger partial charge in [0.15, 0.2) is 0 Å². The first kappa shape index (κ1) is 17.5. The highest BCUT2D eigenvalue weighted by Gasteiger charge is 2.32. The highest BCUT2D eigenvalue weighted by atomic mass is 32.1. The maximum atomic E-state index is 12.8. The first-order valence-electron chi connectivity index (χ1n) is 7.65. The Morgan fingerprint density at radius 3 is 2.12 bits per heavy atom. The Balaban J connectivity index is 1.65. The molecule has 8 heteroatoms. The Kier molecular flexibility index (Phi) is 4.80. The molecule has 0 bridgehead atoms. The van der Waals surface area contributed by atoms with Gasteiger partial charge < -0.3 is 9.80 Å². The van der Waals surface area contributed by atoms with Crippen LogP contribution in [0.25, 0.3) is 0 Å². The number of carbonyl (C=O) groups excluding carboxylic acids is 2. The average molecular weight is 368 g/mol. The van der Waals surface area contributed by atoms with Gasteiger partial charge in [0.05, 0.1) is 10.4 Å². The van der Waals surface area contributed by atoms with Crippen LogP contribution < -0.4 is 0 Å². The number of hydrogen-bond acceptors (Lipinski definition) is 3. The van der Waals surface area contributed by atoms with Gasteiger partial charge in [0.2, 0.25) is 0 Å². The van der Waals surface area contributed by atoms with Crippen LogP contribution in [0.15, 0.2) is 41.8 Å². The second kappa shape index (κ2) is 6.87. The molecule has 2 aromatic rings. The van der Waals surface area contributed by atoms with Gasteiger partial charge in [-0.25, -0.2) is 0 Å². The zero-order valence-corrected chi connectivity index (χ0v) is 13.9. The molecule has 1 saturated heterocycles. The molecule has 3 rings (SSSR count). The summed E-state index contributed by atoms with van der Waals surface area (Å²) in [5.41, 5.74) is -0.835. The fourth-order valence-electron chi connectivity index (χ4n) is 2.68. The molecule has 0 saturated carbocycles. The molecule has 0 spiro atoms. The molecular weight excluding hydrogens is 353 g/mol. The van der Waals surface area contributed by atoms with Gasteiger partial charge in [0.25, 0.3) is 11.8 Å². The zero-order valence-electron chi connectivity index (χ0n) is 13.1. The van der Waals surface area contributed by atoms with Gasteiger partial charge in [-0.2, -0.15) is 13.2 Å². The summed E-state index contributed by atoms with van der Waals surface area (Å²) < 4.78 is 38.3. The number of alkyl halides is 3. The largest absolute Gasteiger partial charge is 0.416 e. The predicted molar refractivity (Wildman–Crippen MR) is 87.6 cm³/mol. The van der Waals surface area contributed by atoms with Crippen molar-refractivity contribution in [3.63, 3.8) is 0 Å². The highest BCUT2D eigenvalue weighted by molar-refractivity contribution is 7.12. The van der Waals surface area contributed by atoms with Crippen molar-refractivity contribution in [1.29, 1.82) is 0 Å². The van der Waals surface area contributed by atoms with E-state index in [4.69, 9.17) is 0 Å². The number of halogens is 3. The fourth-order valence-corrected chi connectivity index (χ4v) is 3.37. The minimum Gasteiger partial charge on any atom is -0.335 e. The van der Waals surface area contributed by atoms with Gasteiger partial charge >= 0.3 is 6.18 Å². The molecular formula is C17H15F3N2O2S. The number of rotatable bonds is 2. The molecule has 0 unspecified atom stereocenters. The summed E-state index contributed by atoms with van der Waals surface area (Å²) in [6.07, 6.45) is -4.48. The Bertz CT molecular complexity index is 766. The van der Waals surface area contributed by atoms with E-state index in [1.807, 2.05) is 5.38 Å². The van der Waals surface area contributed by atoms with Gasteiger partial charge in [0.1, 0.15) is 0 Å². The van der Waals surface area contributed by atoms with Crippen LogP contribution >= 0.6 is 11.3 Å². The smallest absolute Gasteiger partial charge is 0.335 e. The topological polar surface area (TPSA) is 40.6 Å². The lowest BCUT2D eigenvalue weighted by atomic mass is 10.1. The molecule has 1 aromatic heterocycles. The summed E-state index contributed by atoms with van der Waals surface area (Å²) in [5, 5.41) is 1.82. The quantitative estimate of drug-likeness (QED) is 0.816. The molecule has 1 aliphatic heterocycles. The van der Waals surface area contributed by atoms with E-state index in [0.717, 1.165) is 12.1 Å². The van der Waals surface area contributed by atoms with Gasteiger partial charge in [-0.15, -0.1) is 11.3 Å². The van der Waals surface area contributed by atoms with Crippen LogP contribution in [0.1, 0.15) is 25.6 Å². The number of thiophene rings is 1. The summed E-state index contributed by atoms with van der Waals surface area (Å²) in [7, 11) is 0. The lowest BCUT2D eigenvalue weighted by Gasteiger charge is -2.34. The Hall–Kier alpha value is -2.35. The number of carbonyl (C=O) groups is 2. The summed E-state index contributed by atoms with van der Waals surface area (Å²) in [6, 6.07) is 7.95. The van der Waals surface area contributed by atoms with E-state index >= 15 is 0 Å². The van der Waals surface area contributed by atoms with Crippen LogP contribution in [0.5, 0.6) is 0 Å². The minimum atomic E-state index is -4.48. The van der Waals surface area contributed by atoms with Crippen LogP contribution in [-0.4, -0.2) is 47.8 Å². The molecule has 0 aliphatic carbocycles. The Labute approximate surface area is 146 Å². The van der Waals surface area contributed by atoms with Crippen molar-refractivity contribution in [1.82, 2.24) is 9.80 Å². The lowest BCUT2D eigenvalue weighted by molar-refractivity contribution is -0.137. The summed E-state index contributed by atoms with van der Waals surface area (Å²) in [4.78, 5) is 28.5. The Morgan fingerprint density at radius 2 is 1.56 bits per heavy atom. The third-order valence-corrected chi connectivity index (χ3v) is 4.88. The van der Waals surface area contributed by atoms with E-state index in [-0.39, 0.29) is 11.5 Å². The highest BCUT2D eigenvalue weighted by Crippen LogP contribution is 2.29. The van der Waals surface area contributed by atoms with Crippen LogP contribution in [0, 0.1) is 0 Å². The third kappa shape index (κ3) is 3.84. The molecule has 0 radical (unpaired) electrons. The van der Waals surface area contributed by atoms with Crippen molar-refractivity contribution in [2.45, 2.75) is 6.18 Å². The SMILES string of the molecule is O=C(c1cccc(C(F)(F)F)c1)N1CCN(C(=O)c2cccs2)CC1. The number of amides is 2. The third-order valence-electron chi connectivity index (χ3n) is 4.02. The van der Waals surface area contributed by atoms with Crippen molar-refractivity contribution in [2.75, 3.05) is 26.2 Å². The normalized spacial score (nSPS) is 15.3. The number of hydrogen-bond donors (Lipinski definition) is 0. The van der Waals surface area contributed by atoms with Crippen molar-refractivity contribution in [2.24, 2.45) is 0 Å². The van der Waals surface area contributed by atoms with E-state index in [1.165, 1.54) is 28.4 Å².